The second-order valence-corrected chi connectivity index (χ2v) is 6.75. The van der Waals surface area contributed by atoms with E-state index in [0.717, 1.165) is 31.5 Å². The molecule has 0 aromatic carbocycles. The topological polar surface area (TPSA) is 67.6 Å². The predicted octanol–water partition coefficient (Wildman–Crippen LogP) is 1.75. The molecule has 0 bridgehead atoms. The summed E-state index contributed by atoms with van der Waals surface area (Å²) in [6.45, 7) is 6.80. The van der Waals surface area contributed by atoms with Gasteiger partial charge in [-0.2, -0.15) is 5.10 Å². The predicted molar refractivity (Wildman–Crippen MR) is 86.3 cm³/mol. The van der Waals surface area contributed by atoms with Crippen LogP contribution in [0.3, 0.4) is 0 Å². The van der Waals surface area contributed by atoms with Crippen molar-refractivity contribution < 1.29 is 14.6 Å². The zero-order valence-electron chi connectivity index (χ0n) is 14.1. The molecule has 2 saturated heterocycles. The van der Waals surface area contributed by atoms with Crippen LogP contribution in [-0.4, -0.2) is 57.1 Å². The number of likely N-dealkylation sites (tertiary alicyclic amines) is 1. The summed E-state index contributed by atoms with van der Waals surface area (Å²) in [4.78, 5) is 14.6. The van der Waals surface area contributed by atoms with Gasteiger partial charge in [-0.3, -0.25) is 9.48 Å². The SMILES string of the molecule is CCCn1cc(C(=O)N2CCC3(CC2)OCCC[C@H]3O)c(C)n1. The van der Waals surface area contributed by atoms with Crippen LogP contribution in [0, 0.1) is 6.92 Å². The largest absolute Gasteiger partial charge is 0.390 e. The smallest absolute Gasteiger partial charge is 0.257 e. The number of piperidine rings is 1. The monoisotopic (exact) mass is 321 g/mol. The third kappa shape index (κ3) is 3.15. The van der Waals surface area contributed by atoms with Crippen LogP contribution in [0.15, 0.2) is 6.20 Å². The molecule has 1 aromatic heterocycles. The van der Waals surface area contributed by atoms with Gasteiger partial charge in [0.2, 0.25) is 0 Å². The van der Waals surface area contributed by atoms with Crippen molar-refractivity contribution in [2.75, 3.05) is 19.7 Å². The summed E-state index contributed by atoms with van der Waals surface area (Å²) in [7, 11) is 0. The maximum Gasteiger partial charge on any atom is 0.257 e. The third-order valence-electron chi connectivity index (χ3n) is 5.15. The summed E-state index contributed by atoms with van der Waals surface area (Å²) >= 11 is 0. The Kier molecular flexibility index (Phi) is 4.73. The molecule has 3 heterocycles. The van der Waals surface area contributed by atoms with Crippen LogP contribution in [0.4, 0.5) is 0 Å². The van der Waals surface area contributed by atoms with E-state index in [1.165, 1.54) is 0 Å². The molecule has 3 rings (SSSR count). The first-order valence-electron chi connectivity index (χ1n) is 8.71. The van der Waals surface area contributed by atoms with Gasteiger partial charge in [-0.15, -0.1) is 0 Å². The van der Waals surface area contributed by atoms with Crippen molar-refractivity contribution >= 4 is 5.91 Å². The van der Waals surface area contributed by atoms with Crippen molar-refractivity contribution in [3.8, 4) is 0 Å². The fourth-order valence-corrected chi connectivity index (χ4v) is 3.72. The Morgan fingerprint density at radius 3 is 2.87 bits per heavy atom. The number of carbonyl (C=O) groups is 1. The first-order valence-corrected chi connectivity index (χ1v) is 8.71. The van der Waals surface area contributed by atoms with Gasteiger partial charge in [0.1, 0.15) is 0 Å². The van der Waals surface area contributed by atoms with Gasteiger partial charge < -0.3 is 14.7 Å². The highest BCUT2D eigenvalue weighted by molar-refractivity contribution is 5.95. The fourth-order valence-electron chi connectivity index (χ4n) is 3.72. The molecule has 0 saturated carbocycles. The van der Waals surface area contributed by atoms with Crippen molar-refractivity contribution in [2.45, 2.75) is 64.2 Å². The average molecular weight is 321 g/mol. The number of hydrogen-bond acceptors (Lipinski definition) is 4. The minimum atomic E-state index is -0.434. The second kappa shape index (κ2) is 6.61. The van der Waals surface area contributed by atoms with E-state index in [4.69, 9.17) is 4.74 Å². The van der Waals surface area contributed by atoms with E-state index in [0.29, 0.717) is 38.1 Å². The van der Waals surface area contributed by atoms with Gasteiger partial charge in [-0.25, -0.2) is 0 Å². The number of aliphatic hydroxyl groups is 1. The lowest BCUT2D eigenvalue weighted by Gasteiger charge is -2.46. The Morgan fingerprint density at radius 1 is 1.48 bits per heavy atom. The highest BCUT2D eigenvalue weighted by atomic mass is 16.5. The lowest BCUT2D eigenvalue weighted by Crippen LogP contribution is -2.56. The number of carbonyl (C=O) groups excluding carboxylic acids is 1. The van der Waals surface area contributed by atoms with Crippen LogP contribution in [0.2, 0.25) is 0 Å². The normalized spacial score (nSPS) is 24.1. The molecular formula is C17H27N3O3. The number of rotatable bonds is 3. The molecule has 1 N–H and O–H groups in total. The number of nitrogens with zero attached hydrogens (tertiary/aromatic N) is 3. The number of amides is 1. The van der Waals surface area contributed by atoms with E-state index in [1.54, 1.807) is 0 Å². The maximum atomic E-state index is 12.8. The van der Waals surface area contributed by atoms with Crippen LogP contribution in [-0.2, 0) is 11.3 Å². The van der Waals surface area contributed by atoms with Gasteiger partial charge in [0.25, 0.3) is 5.91 Å². The molecule has 1 atom stereocenters. The Labute approximate surface area is 137 Å². The summed E-state index contributed by atoms with van der Waals surface area (Å²) < 4.78 is 7.76. The number of hydrogen-bond donors (Lipinski definition) is 1. The van der Waals surface area contributed by atoms with Crippen molar-refractivity contribution in [3.63, 3.8) is 0 Å². The average Bonchev–Trinajstić information content (AvgIpc) is 2.91. The third-order valence-corrected chi connectivity index (χ3v) is 5.15. The number of aromatic nitrogens is 2. The molecule has 1 spiro atoms. The first-order chi connectivity index (χ1) is 11.1. The van der Waals surface area contributed by atoms with Crippen LogP contribution >= 0.6 is 0 Å². The maximum absolute atomic E-state index is 12.8. The molecule has 0 unspecified atom stereocenters. The Balaban J connectivity index is 1.66. The number of aliphatic hydroxyl groups excluding tert-OH is 1. The van der Waals surface area contributed by atoms with Crippen LogP contribution < -0.4 is 0 Å². The quantitative estimate of drug-likeness (QED) is 0.921. The molecule has 6 heteroatoms. The molecule has 2 aliphatic rings. The molecule has 1 aromatic rings. The van der Waals surface area contributed by atoms with Crippen LogP contribution in [0.1, 0.15) is 55.1 Å². The molecule has 128 valence electrons. The summed E-state index contributed by atoms with van der Waals surface area (Å²) in [6, 6.07) is 0. The molecular weight excluding hydrogens is 294 g/mol. The lowest BCUT2D eigenvalue weighted by atomic mass is 9.82. The van der Waals surface area contributed by atoms with E-state index in [9.17, 15) is 9.90 Å². The Bertz CT molecular complexity index is 561. The molecule has 6 nitrogen and oxygen atoms in total. The van der Waals surface area contributed by atoms with E-state index >= 15 is 0 Å². The lowest BCUT2D eigenvalue weighted by molar-refractivity contribution is -0.174. The molecule has 0 aliphatic carbocycles. The van der Waals surface area contributed by atoms with Gasteiger partial charge in [-0.1, -0.05) is 6.92 Å². The van der Waals surface area contributed by atoms with E-state index in [1.807, 2.05) is 22.7 Å². The number of aryl methyl sites for hydroxylation is 2. The fraction of sp³-hybridized carbons (Fsp3) is 0.765. The summed E-state index contributed by atoms with van der Waals surface area (Å²) in [5.41, 5.74) is 1.05. The zero-order chi connectivity index (χ0) is 16.4. The molecule has 2 fully saturated rings. The summed E-state index contributed by atoms with van der Waals surface area (Å²) in [5, 5.41) is 14.7. The first kappa shape index (κ1) is 16.5. The highest BCUT2D eigenvalue weighted by Gasteiger charge is 2.44. The van der Waals surface area contributed by atoms with Crippen molar-refractivity contribution in [2.24, 2.45) is 0 Å². The molecule has 23 heavy (non-hydrogen) atoms. The minimum absolute atomic E-state index is 0.0463. The molecule has 1 amide bonds. The highest BCUT2D eigenvalue weighted by Crippen LogP contribution is 2.35. The van der Waals surface area contributed by atoms with Gasteiger partial charge in [-0.05, 0) is 39.0 Å². The van der Waals surface area contributed by atoms with Gasteiger partial charge >= 0.3 is 0 Å². The van der Waals surface area contributed by atoms with E-state index < -0.39 is 11.7 Å². The zero-order valence-corrected chi connectivity index (χ0v) is 14.1. The number of ether oxygens (including phenoxy) is 1. The van der Waals surface area contributed by atoms with E-state index in [2.05, 4.69) is 12.0 Å². The summed E-state index contributed by atoms with van der Waals surface area (Å²) in [5.74, 6) is 0.0463. The minimum Gasteiger partial charge on any atom is -0.390 e. The van der Waals surface area contributed by atoms with Gasteiger partial charge in [0.05, 0.1) is 23.0 Å². The molecule has 0 radical (unpaired) electrons. The van der Waals surface area contributed by atoms with Crippen molar-refractivity contribution in [3.05, 3.63) is 17.5 Å². The van der Waals surface area contributed by atoms with Gasteiger partial charge in [0.15, 0.2) is 0 Å². The second-order valence-electron chi connectivity index (χ2n) is 6.75. The van der Waals surface area contributed by atoms with Crippen molar-refractivity contribution in [1.82, 2.24) is 14.7 Å². The van der Waals surface area contributed by atoms with Crippen molar-refractivity contribution in [1.29, 1.82) is 0 Å². The van der Waals surface area contributed by atoms with Crippen LogP contribution in [0.25, 0.3) is 0 Å². The summed E-state index contributed by atoms with van der Waals surface area (Å²) in [6.07, 6.45) is 5.60. The van der Waals surface area contributed by atoms with E-state index in [-0.39, 0.29) is 5.91 Å². The standard InChI is InChI=1S/C17H27N3O3/c1-3-8-20-12-14(13(2)18-20)16(22)19-9-6-17(7-10-19)15(21)5-4-11-23-17/h12,15,21H,3-11H2,1-2H3/t15-/m1/s1. The Hall–Kier alpha value is -1.40. The Morgan fingerprint density at radius 2 is 2.22 bits per heavy atom. The molecule has 2 aliphatic heterocycles. The van der Waals surface area contributed by atoms with Gasteiger partial charge in [0, 0.05) is 32.4 Å². The van der Waals surface area contributed by atoms with Crippen LogP contribution in [0.5, 0.6) is 0 Å².